The van der Waals surface area contributed by atoms with Crippen molar-refractivity contribution in [2.45, 2.75) is 37.8 Å². The number of pyridine rings is 1. The van der Waals surface area contributed by atoms with Crippen LogP contribution < -0.4 is 4.74 Å². The molecule has 174 valence electrons. The quantitative estimate of drug-likeness (QED) is 0.439. The fourth-order valence-electron chi connectivity index (χ4n) is 4.02. The van der Waals surface area contributed by atoms with Crippen molar-refractivity contribution in [2.75, 3.05) is 6.61 Å². The van der Waals surface area contributed by atoms with Crippen LogP contribution in [-0.2, 0) is 6.18 Å². The van der Waals surface area contributed by atoms with Crippen LogP contribution in [-0.4, -0.2) is 32.6 Å². The molecule has 1 aromatic carbocycles. The molecule has 1 aliphatic carbocycles. The Morgan fingerprint density at radius 2 is 1.94 bits per heavy atom. The Balaban J connectivity index is 1.32. The van der Waals surface area contributed by atoms with Gasteiger partial charge in [-0.15, -0.1) is 0 Å². The molecule has 1 saturated carbocycles. The predicted octanol–water partition coefficient (Wildman–Crippen LogP) is 6.19. The summed E-state index contributed by atoms with van der Waals surface area (Å²) >= 11 is 6.13. The largest absolute Gasteiger partial charge is 0.492 e. The normalized spacial score (nSPS) is 18.8. The molecule has 0 atom stereocenters. The average Bonchev–Trinajstić information content (AvgIpc) is 3.30. The Bertz CT molecular complexity index is 1120. The molecule has 1 fully saturated rings. The monoisotopic (exact) mass is 479 g/mol. The molecule has 0 amide bonds. The summed E-state index contributed by atoms with van der Waals surface area (Å²) in [5.74, 6) is -0.0294. The van der Waals surface area contributed by atoms with Crippen molar-refractivity contribution in [1.82, 2.24) is 15.0 Å². The van der Waals surface area contributed by atoms with Gasteiger partial charge in [-0.1, -0.05) is 17.7 Å². The van der Waals surface area contributed by atoms with E-state index in [1.54, 1.807) is 24.4 Å². The van der Waals surface area contributed by atoms with E-state index in [0.717, 1.165) is 37.6 Å². The number of aromatic carboxylic acids is 1. The van der Waals surface area contributed by atoms with Gasteiger partial charge >= 0.3 is 12.1 Å². The fourth-order valence-corrected chi connectivity index (χ4v) is 4.28. The lowest BCUT2D eigenvalue weighted by molar-refractivity contribution is -0.140. The highest BCUT2D eigenvalue weighted by Crippen LogP contribution is 2.37. The average molecular weight is 480 g/mol. The number of hydrogen-bond donors (Lipinski definition) is 2. The molecule has 10 heteroatoms. The van der Waals surface area contributed by atoms with Gasteiger partial charge in [-0.05, 0) is 55.9 Å². The second-order valence-electron chi connectivity index (χ2n) is 8.06. The molecular weight excluding hydrogens is 459 g/mol. The van der Waals surface area contributed by atoms with Crippen LogP contribution in [0.2, 0.25) is 5.02 Å². The van der Waals surface area contributed by atoms with Crippen molar-refractivity contribution in [2.24, 2.45) is 5.92 Å². The standard InChI is InChI=1S/C23H21ClF3N3O3/c24-20-16(22(31)32)2-1-3-18(20)33-12-13-4-6-14(7-5-13)17-9-8-15(10-28-17)21-29-11-19(30-21)23(25,26)27/h1-3,8-11,13-14H,4-7,12H2,(H,29,30)(H,31,32)/t13-,14-. The number of H-pyrrole nitrogens is 1. The van der Waals surface area contributed by atoms with Crippen LogP contribution in [0.25, 0.3) is 11.4 Å². The van der Waals surface area contributed by atoms with Crippen LogP contribution >= 0.6 is 11.6 Å². The molecule has 2 N–H and O–H groups in total. The molecule has 6 nitrogen and oxygen atoms in total. The molecule has 2 aromatic heterocycles. The first-order chi connectivity index (χ1) is 15.7. The summed E-state index contributed by atoms with van der Waals surface area (Å²) in [6, 6.07) is 8.26. The number of imidazole rings is 1. The first-order valence-corrected chi connectivity index (χ1v) is 10.8. The minimum atomic E-state index is -4.49. The topological polar surface area (TPSA) is 88.1 Å². The van der Waals surface area contributed by atoms with E-state index in [4.69, 9.17) is 21.4 Å². The van der Waals surface area contributed by atoms with Crippen LogP contribution in [0, 0.1) is 5.92 Å². The minimum Gasteiger partial charge on any atom is -0.492 e. The van der Waals surface area contributed by atoms with Crippen molar-refractivity contribution in [3.8, 4) is 17.1 Å². The van der Waals surface area contributed by atoms with E-state index in [9.17, 15) is 18.0 Å². The molecule has 2 heterocycles. The molecule has 0 unspecified atom stereocenters. The number of carbonyl (C=O) groups is 1. The number of carboxylic acid groups (broad SMARTS) is 1. The maximum absolute atomic E-state index is 12.7. The second kappa shape index (κ2) is 9.43. The van der Waals surface area contributed by atoms with Crippen molar-refractivity contribution in [1.29, 1.82) is 0 Å². The second-order valence-corrected chi connectivity index (χ2v) is 8.43. The summed E-state index contributed by atoms with van der Waals surface area (Å²) in [7, 11) is 0. The van der Waals surface area contributed by atoms with Crippen molar-refractivity contribution >= 4 is 17.6 Å². The number of carboxylic acids is 1. The summed E-state index contributed by atoms with van der Waals surface area (Å²) in [5.41, 5.74) is 0.449. The Labute approximate surface area is 192 Å². The van der Waals surface area contributed by atoms with Crippen LogP contribution in [0.3, 0.4) is 0 Å². The smallest absolute Gasteiger partial charge is 0.434 e. The highest BCUT2D eigenvalue weighted by molar-refractivity contribution is 6.34. The maximum Gasteiger partial charge on any atom is 0.434 e. The molecule has 0 bridgehead atoms. The van der Waals surface area contributed by atoms with Crippen molar-refractivity contribution < 1.29 is 27.8 Å². The van der Waals surface area contributed by atoms with Crippen molar-refractivity contribution in [3.05, 3.63) is 64.7 Å². The van der Waals surface area contributed by atoms with E-state index < -0.39 is 17.8 Å². The van der Waals surface area contributed by atoms with Gasteiger partial charge < -0.3 is 14.8 Å². The van der Waals surface area contributed by atoms with E-state index in [2.05, 4.69) is 15.0 Å². The van der Waals surface area contributed by atoms with Gasteiger partial charge in [0.1, 0.15) is 11.6 Å². The van der Waals surface area contributed by atoms with Gasteiger partial charge in [-0.25, -0.2) is 9.78 Å². The lowest BCUT2D eigenvalue weighted by Gasteiger charge is -2.28. The molecule has 3 aromatic rings. The molecule has 33 heavy (non-hydrogen) atoms. The number of nitrogens with zero attached hydrogens (tertiary/aromatic N) is 2. The van der Waals surface area contributed by atoms with Gasteiger partial charge in [0.05, 0.1) is 17.2 Å². The minimum absolute atomic E-state index is 0.0107. The van der Waals surface area contributed by atoms with Crippen molar-refractivity contribution in [3.63, 3.8) is 0 Å². The SMILES string of the molecule is O=C(O)c1cccc(OC[C@H]2CC[C@H](c3ccc(-c4nc(C(F)(F)F)c[nH]4)cn3)CC2)c1Cl. The molecule has 0 radical (unpaired) electrons. The number of aromatic amines is 1. The Kier molecular flexibility index (Phi) is 6.60. The number of rotatable bonds is 6. The molecule has 1 aliphatic rings. The Morgan fingerprint density at radius 1 is 1.18 bits per heavy atom. The number of alkyl halides is 3. The van der Waals surface area contributed by atoms with E-state index in [-0.39, 0.29) is 22.3 Å². The predicted molar refractivity (Wildman–Crippen MR) is 115 cm³/mol. The molecule has 0 saturated heterocycles. The molecule has 4 rings (SSSR count). The number of ether oxygens (including phenoxy) is 1. The summed E-state index contributed by atoms with van der Waals surface area (Å²) < 4.78 is 44.0. The van der Waals surface area contributed by atoms with Crippen LogP contribution in [0.1, 0.15) is 53.3 Å². The number of aromatic nitrogens is 3. The third kappa shape index (κ3) is 5.30. The summed E-state index contributed by atoms with van der Waals surface area (Å²) in [4.78, 5) is 21.8. The van der Waals surface area contributed by atoms with E-state index >= 15 is 0 Å². The third-order valence-corrected chi connectivity index (χ3v) is 6.25. The number of halogens is 4. The zero-order valence-corrected chi connectivity index (χ0v) is 18.2. The zero-order valence-electron chi connectivity index (χ0n) is 17.4. The van der Waals surface area contributed by atoms with Gasteiger partial charge in [0.2, 0.25) is 0 Å². The highest BCUT2D eigenvalue weighted by atomic mass is 35.5. The molecular formula is C23H21ClF3N3O3. The molecule has 0 aliphatic heterocycles. The fraction of sp³-hybridized carbons (Fsp3) is 0.348. The van der Waals surface area contributed by atoms with Gasteiger partial charge in [0.25, 0.3) is 0 Å². The van der Waals surface area contributed by atoms with Gasteiger partial charge in [0, 0.05) is 29.6 Å². The Hall–Kier alpha value is -3.07. The number of hydrogen-bond acceptors (Lipinski definition) is 4. The summed E-state index contributed by atoms with van der Waals surface area (Å²) in [6.45, 7) is 0.446. The van der Waals surface area contributed by atoms with Gasteiger partial charge in [0.15, 0.2) is 5.69 Å². The van der Waals surface area contributed by atoms with E-state index in [0.29, 0.717) is 23.8 Å². The number of nitrogens with one attached hydrogen (secondary N) is 1. The maximum atomic E-state index is 12.7. The lowest BCUT2D eigenvalue weighted by atomic mass is 9.80. The first kappa shape index (κ1) is 23.1. The summed E-state index contributed by atoms with van der Waals surface area (Å²) in [6.07, 6.45) is 1.53. The highest BCUT2D eigenvalue weighted by Gasteiger charge is 2.34. The van der Waals surface area contributed by atoms with Crippen LogP contribution in [0.15, 0.2) is 42.7 Å². The summed E-state index contributed by atoms with van der Waals surface area (Å²) in [5, 5.41) is 9.26. The number of benzene rings is 1. The zero-order chi connectivity index (χ0) is 23.6. The van der Waals surface area contributed by atoms with Crippen LogP contribution in [0.4, 0.5) is 13.2 Å². The van der Waals surface area contributed by atoms with Gasteiger partial charge in [-0.3, -0.25) is 4.98 Å². The lowest BCUT2D eigenvalue weighted by Crippen LogP contribution is -2.20. The third-order valence-electron chi connectivity index (χ3n) is 5.86. The van der Waals surface area contributed by atoms with Gasteiger partial charge in [-0.2, -0.15) is 13.2 Å². The first-order valence-electron chi connectivity index (χ1n) is 10.5. The Morgan fingerprint density at radius 3 is 2.55 bits per heavy atom. The van der Waals surface area contributed by atoms with E-state index in [1.807, 2.05) is 6.07 Å². The molecule has 0 spiro atoms. The van der Waals surface area contributed by atoms with Crippen LogP contribution in [0.5, 0.6) is 5.75 Å². The van der Waals surface area contributed by atoms with E-state index in [1.165, 1.54) is 6.07 Å².